The number of carboxylic acids is 1. The number of carbonyl (C=O) groups is 4. The first-order valence-electron chi connectivity index (χ1n) is 12.0. The minimum absolute atomic E-state index is 0.0227. The van der Waals surface area contributed by atoms with Crippen LogP contribution < -0.4 is 27.4 Å². The predicted molar refractivity (Wildman–Crippen MR) is 141 cm³/mol. The normalized spacial score (nSPS) is 14.1. The fourth-order valence-corrected chi connectivity index (χ4v) is 3.71. The average molecular weight is 534 g/mol. The third-order valence-electron chi connectivity index (χ3n) is 5.62. The van der Waals surface area contributed by atoms with Crippen LogP contribution in [-0.2, 0) is 32.0 Å². The predicted octanol–water partition coefficient (Wildman–Crippen LogP) is -0.880. The van der Waals surface area contributed by atoms with Gasteiger partial charge in [0.1, 0.15) is 18.1 Å². The van der Waals surface area contributed by atoms with Crippen molar-refractivity contribution in [3.05, 3.63) is 54.1 Å². The smallest absolute Gasteiger partial charge is 0.326 e. The van der Waals surface area contributed by atoms with Crippen LogP contribution in [-0.4, -0.2) is 75.2 Å². The number of nitrogens with zero attached hydrogens (tertiary/aromatic N) is 1. The third-order valence-corrected chi connectivity index (χ3v) is 6.02. The molecular formula is C24H35N7O5S. The van der Waals surface area contributed by atoms with Crippen molar-refractivity contribution < 1.29 is 24.3 Å². The number of nitrogens with two attached hydrogens (primary N) is 2. The first-order valence-corrected chi connectivity index (χ1v) is 12.6. The highest BCUT2D eigenvalue weighted by Gasteiger charge is 2.30. The number of unbranched alkanes of at least 4 members (excludes halogenated alkanes) is 1. The monoisotopic (exact) mass is 533 g/mol. The number of hydrogen-bond acceptors (Lipinski definition) is 8. The number of aliphatic carboxylic acids is 1. The highest BCUT2D eigenvalue weighted by atomic mass is 32.1. The van der Waals surface area contributed by atoms with E-state index in [-0.39, 0.29) is 25.0 Å². The molecule has 2 rings (SSSR count). The Labute approximate surface area is 220 Å². The summed E-state index contributed by atoms with van der Waals surface area (Å²) in [6.45, 7) is 0.407. The second kappa shape index (κ2) is 15.6. The quantitative estimate of drug-likeness (QED) is 0.100. The minimum Gasteiger partial charge on any atom is -0.480 e. The lowest BCUT2D eigenvalue weighted by Crippen LogP contribution is -2.58. The molecule has 0 fully saturated rings. The third kappa shape index (κ3) is 10.2. The summed E-state index contributed by atoms with van der Waals surface area (Å²) in [5.41, 5.74) is 12.6. The van der Waals surface area contributed by atoms with Gasteiger partial charge in [-0.25, -0.2) is 9.78 Å². The van der Waals surface area contributed by atoms with E-state index < -0.39 is 47.9 Å². The fraction of sp³-hybridized carbons (Fsp3) is 0.458. The van der Waals surface area contributed by atoms with Crippen molar-refractivity contribution in [2.75, 3.05) is 12.3 Å². The number of hydrogen-bond donors (Lipinski definition) is 8. The number of amides is 3. The molecule has 12 nitrogen and oxygen atoms in total. The van der Waals surface area contributed by atoms with Gasteiger partial charge >= 0.3 is 5.97 Å². The Morgan fingerprint density at radius 3 is 2.14 bits per heavy atom. The summed E-state index contributed by atoms with van der Waals surface area (Å²) in [6.07, 6.45) is 4.41. The summed E-state index contributed by atoms with van der Waals surface area (Å²) in [6, 6.07) is 4.78. The molecule has 1 heterocycles. The van der Waals surface area contributed by atoms with Crippen LogP contribution in [0.4, 0.5) is 0 Å². The molecule has 0 saturated heterocycles. The highest BCUT2D eigenvalue weighted by molar-refractivity contribution is 7.80. The topological polar surface area (TPSA) is 205 Å². The van der Waals surface area contributed by atoms with Crippen molar-refractivity contribution in [3.8, 4) is 0 Å². The molecule has 0 saturated carbocycles. The number of nitrogens with one attached hydrogen (secondary N) is 4. The van der Waals surface area contributed by atoms with E-state index in [1.165, 1.54) is 12.5 Å². The number of carbonyl (C=O) groups excluding carboxylic acids is 3. The van der Waals surface area contributed by atoms with E-state index in [1.807, 2.05) is 6.07 Å². The summed E-state index contributed by atoms with van der Waals surface area (Å²) >= 11 is 4.03. The van der Waals surface area contributed by atoms with Crippen LogP contribution in [0.15, 0.2) is 42.9 Å². The van der Waals surface area contributed by atoms with Crippen LogP contribution in [0.25, 0.3) is 0 Å². The van der Waals surface area contributed by atoms with Crippen LogP contribution in [0.5, 0.6) is 0 Å². The minimum atomic E-state index is -1.19. The number of aromatic amines is 1. The molecule has 1 aromatic carbocycles. The maximum Gasteiger partial charge on any atom is 0.326 e. The molecule has 37 heavy (non-hydrogen) atoms. The average Bonchev–Trinajstić information content (AvgIpc) is 3.40. The highest BCUT2D eigenvalue weighted by Crippen LogP contribution is 2.07. The van der Waals surface area contributed by atoms with Gasteiger partial charge in [-0.3, -0.25) is 14.4 Å². The molecule has 0 aliphatic rings. The van der Waals surface area contributed by atoms with Gasteiger partial charge in [0.15, 0.2) is 0 Å². The van der Waals surface area contributed by atoms with E-state index in [2.05, 4.69) is 38.5 Å². The van der Waals surface area contributed by atoms with Gasteiger partial charge in [0, 0.05) is 30.5 Å². The molecule has 202 valence electrons. The standard InChI is InChI=1S/C24H35N7O5S/c25-9-5-4-8-18(24(35)36)29-23(34)20(11-16-12-27-14-28-16)31-22(33)19(30-21(32)17(26)13-37)10-15-6-2-1-3-7-15/h1-3,6-7,12,14,17-20,37H,4-5,8-11,13,25-26H2,(H,27,28)(H,29,34)(H,30,32)(H,31,33)(H,35,36). The Bertz CT molecular complexity index is 1010. The van der Waals surface area contributed by atoms with E-state index in [0.717, 1.165) is 5.56 Å². The summed E-state index contributed by atoms with van der Waals surface area (Å²) in [4.78, 5) is 57.5. The Morgan fingerprint density at radius 1 is 0.946 bits per heavy atom. The van der Waals surface area contributed by atoms with Gasteiger partial charge in [-0.1, -0.05) is 30.3 Å². The number of imidazole rings is 1. The Morgan fingerprint density at radius 2 is 1.57 bits per heavy atom. The van der Waals surface area contributed by atoms with Gasteiger partial charge < -0.3 is 37.5 Å². The van der Waals surface area contributed by atoms with Crippen molar-refractivity contribution >= 4 is 36.3 Å². The van der Waals surface area contributed by atoms with Gasteiger partial charge in [0.25, 0.3) is 0 Å². The van der Waals surface area contributed by atoms with Gasteiger partial charge in [0.2, 0.25) is 17.7 Å². The molecule has 2 aromatic rings. The maximum atomic E-state index is 13.3. The summed E-state index contributed by atoms with van der Waals surface area (Å²) < 4.78 is 0. The number of carboxylic acid groups (broad SMARTS) is 1. The second-order valence-corrected chi connectivity index (χ2v) is 8.93. The van der Waals surface area contributed by atoms with Crippen LogP contribution in [0, 0.1) is 0 Å². The molecule has 13 heteroatoms. The molecule has 0 bridgehead atoms. The van der Waals surface area contributed by atoms with Gasteiger partial charge in [-0.15, -0.1) is 0 Å². The van der Waals surface area contributed by atoms with E-state index in [1.54, 1.807) is 24.3 Å². The molecule has 0 aliphatic carbocycles. The molecular weight excluding hydrogens is 498 g/mol. The lowest BCUT2D eigenvalue weighted by molar-refractivity contribution is -0.142. The first kappa shape index (κ1) is 29.8. The van der Waals surface area contributed by atoms with E-state index in [4.69, 9.17) is 11.5 Å². The van der Waals surface area contributed by atoms with Gasteiger partial charge in [-0.2, -0.15) is 12.6 Å². The molecule has 4 atom stereocenters. The van der Waals surface area contributed by atoms with Gasteiger partial charge in [0.05, 0.1) is 12.4 Å². The van der Waals surface area contributed by atoms with Crippen molar-refractivity contribution in [2.24, 2.45) is 11.5 Å². The SMILES string of the molecule is NCCCCC(NC(=O)C(Cc1cnc[nH]1)NC(=O)C(Cc1ccccc1)NC(=O)C(N)CS)C(=O)O. The van der Waals surface area contributed by atoms with Crippen molar-refractivity contribution in [2.45, 2.75) is 56.3 Å². The number of benzene rings is 1. The number of H-pyrrole nitrogens is 1. The van der Waals surface area contributed by atoms with Crippen molar-refractivity contribution in [1.29, 1.82) is 0 Å². The molecule has 3 amide bonds. The molecule has 4 unspecified atom stereocenters. The van der Waals surface area contributed by atoms with E-state index in [0.29, 0.717) is 25.1 Å². The lowest BCUT2D eigenvalue weighted by atomic mass is 10.0. The number of rotatable bonds is 16. The molecule has 9 N–H and O–H groups in total. The van der Waals surface area contributed by atoms with E-state index >= 15 is 0 Å². The fourth-order valence-electron chi connectivity index (χ4n) is 3.54. The van der Waals surface area contributed by atoms with Crippen LogP contribution >= 0.6 is 12.6 Å². The zero-order chi connectivity index (χ0) is 27.2. The van der Waals surface area contributed by atoms with E-state index in [9.17, 15) is 24.3 Å². The molecule has 1 aromatic heterocycles. The van der Waals surface area contributed by atoms with Crippen LogP contribution in [0.2, 0.25) is 0 Å². The Kier molecular flexibility index (Phi) is 12.6. The first-order chi connectivity index (χ1) is 17.7. The Balaban J connectivity index is 2.22. The summed E-state index contributed by atoms with van der Waals surface area (Å²) in [5.74, 6) is -2.98. The van der Waals surface area contributed by atoms with Crippen molar-refractivity contribution in [1.82, 2.24) is 25.9 Å². The zero-order valence-electron chi connectivity index (χ0n) is 20.4. The second-order valence-electron chi connectivity index (χ2n) is 8.57. The van der Waals surface area contributed by atoms with Crippen LogP contribution in [0.1, 0.15) is 30.5 Å². The Hall–Kier alpha value is -3.42. The van der Waals surface area contributed by atoms with Crippen molar-refractivity contribution in [3.63, 3.8) is 0 Å². The largest absolute Gasteiger partial charge is 0.480 e. The zero-order valence-corrected chi connectivity index (χ0v) is 21.3. The lowest BCUT2D eigenvalue weighted by Gasteiger charge is -2.25. The number of aromatic nitrogens is 2. The summed E-state index contributed by atoms with van der Waals surface area (Å²) in [5, 5.41) is 17.4. The van der Waals surface area contributed by atoms with Gasteiger partial charge in [-0.05, 0) is 31.4 Å². The molecule has 0 spiro atoms. The molecule has 0 radical (unpaired) electrons. The van der Waals surface area contributed by atoms with Crippen LogP contribution in [0.3, 0.4) is 0 Å². The summed E-state index contributed by atoms with van der Waals surface area (Å²) in [7, 11) is 0. The number of thiol groups is 1. The molecule has 0 aliphatic heterocycles. The maximum absolute atomic E-state index is 13.3.